The van der Waals surface area contributed by atoms with Crippen molar-refractivity contribution < 1.29 is 9.53 Å². The third-order valence-corrected chi connectivity index (χ3v) is 3.56. The summed E-state index contributed by atoms with van der Waals surface area (Å²) in [6, 6.07) is 8.29. The number of para-hydroxylation sites is 1. The van der Waals surface area contributed by atoms with E-state index in [0.717, 1.165) is 19.4 Å². The molecule has 2 rings (SSSR count). The van der Waals surface area contributed by atoms with Crippen LogP contribution >= 0.6 is 0 Å². The quantitative estimate of drug-likeness (QED) is 0.836. The molecule has 0 aliphatic carbocycles. The Balaban J connectivity index is 2.12. The van der Waals surface area contributed by atoms with E-state index in [1.807, 2.05) is 12.1 Å². The van der Waals surface area contributed by atoms with Crippen LogP contribution in [0.2, 0.25) is 0 Å². The van der Waals surface area contributed by atoms with Crippen LogP contribution in [0.3, 0.4) is 0 Å². The van der Waals surface area contributed by atoms with Crippen molar-refractivity contribution in [2.45, 2.75) is 18.9 Å². The van der Waals surface area contributed by atoms with Gasteiger partial charge in [0.15, 0.2) is 0 Å². The van der Waals surface area contributed by atoms with Gasteiger partial charge in [0.2, 0.25) is 5.91 Å². The highest BCUT2D eigenvalue weighted by atomic mass is 16.5. The van der Waals surface area contributed by atoms with E-state index in [1.54, 1.807) is 19.0 Å². The van der Waals surface area contributed by atoms with Crippen molar-refractivity contribution >= 4 is 11.6 Å². The molecule has 1 unspecified atom stereocenters. The van der Waals surface area contributed by atoms with Crippen molar-refractivity contribution in [2.75, 3.05) is 39.2 Å². The molecule has 0 bridgehead atoms. The van der Waals surface area contributed by atoms with Crippen LogP contribution in [0, 0.1) is 0 Å². The SMILES string of the molecule is CN(C)C(=O)COC1CCCN(C)c2ccccc21. The van der Waals surface area contributed by atoms with E-state index in [9.17, 15) is 4.79 Å². The van der Waals surface area contributed by atoms with E-state index in [4.69, 9.17) is 4.74 Å². The Morgan fingerprint density at radius 2 is 2.16 bits per heavy atom. The average molecular weight is 262 g/mol. The van der Waals surface area contributed by atoms with Crippen LogP contribution in [0.15, 0.2) is 24.3 Å². The summed E-state index contributed by atoms with van der Waals surface area (Å²) in [5.41, 5.74) is 2.40. The normalized spacial score (nSPS) is 18.7. The predicted octanol–water partition coefficient (Wildman–Crippen LogP) is 2.06. The van der Waals surface area contributed by atoms with E-state index < -0.39 is 0 Å². The molecular formula is C15H22N2O2. The highest BCUT2D eigenvalue weighted by Crippen LogP contribution is 2.34. The number of hydrogen-bond donors (Lipinski definition) is 0. The monoisotopic (exact) mass is 262 g/mol. The van der Waals surface area contributed by atoms with E-state index in [2.05, 4.69) is 24.1 Å². The molecule has 1 aliphatic rings. The Hall–Kier alpha value is -1.55. The molecule has 0 aromatic heterocycles. The van der Waals surface area contributed by atoms with Gasteiger partial charge in [-0.3, -0.25) is 4.79 Å². The topological polar surface area (TPSA) is 32.8 Å². The zero-order valence-electron chi connectivity index (χ0n) is 11.9. The number of benzene rings is 1. The summed E-state index contributed by atoms with van der Waals surface area (Å²) in [6.07, 6.45) is 2.05. The largest absolute Gasteiger partial charge is 0.374 e. The molecule has 1 aromatic rings. The molecule has 0 saturated carbocycles. The number of ether oxygens (including phenoxy) is 1. The number of nitrogens with zero attached hydrogens (tertiary/aromatic N) is 2. The van der Waals surface area contributed by atoms with Gasteiger partial charge in [0.05, 0.1) is 6.10 Å². The fraction of sp³-hybridized carbons (Fsp3) is 0.533. The zero-order valence-corrected chi connectivity index (χ0v) is 11.9. The van der Waals surface area contributed by atoms with E-state index >= 15 is 0 Å². The summed E-state index contributed by atoms with van der Waals surface area (Å²) in [5.74, 6) is 0.00934. The summed E-state index contributed by atoms with van der Waals surface area (Å²) in [6.45, 7) is 1.17. The Labute approximate surface area is 115 Å². The summed E-state index contributed by atoms with van der Waals surface area (Å²) in [4.78, 5) is 15.5. The molecule has 0 fully saturated rings. The minimum Gasteiger partial charge on any atom is -0.374 e. The lowest BCUT2D eigenvalue weighted by atomic mass is 10.0. The maximum Gasteiger partial charge on any atom is 0.248 e. The van der Waals surface area contributed by atoms with Gasteiger partial charge in [-0.2, -0.15) is 0 Å². The number of hydrogen-bond acceptors (Lipinski definition) is 3. The van der Waals surface area contributed by atoms with Crippen molar-refractivity contribution in [1.29, 1.82) is 0 Å². The number of fused-ring (bicyclic) bond motifs is 1. The fourth-order valence-electron chi connectivity index (χ4n) is 2.37. The molecule has 0 radical (unpaired) electrons. The molecule has 1 aliphatic heterocycles. The summed E-state index contributed by atoms with van der Waals surface area (Å²) >= 11 is 0. The molecule has 0 saturated heterocycles. The van der Waals surface area contributed by atoms with Crippen LogP contribution in [0.4, 0.5) is 5.69 Å². The van der Waals surface area contributed by atoms with Crippen LogP contribution in [0.25, 0.3) is 0 Å². The first-order valence-corrected chi connectivity index (χ1v) is 6.71. The highest BCUT2D eigenvalue weighted by molar-refractivity contribution is 5.76. The Morgan fingerprint density at radius 3 is 2.89 bits per heavy atom. The standard InChI is InChI=1S/C15H22N2O2/c1-16(2)15(18)11-19-14-9-6-10-17(3)13-8-5-4-7-12(13)14/h4-5,7-8,14H,6,9-11H2,1-3H3. The number of anilines is 1. The van der Waals surface area contributed by atoms with Gasteiger partial charge < -0.3 is 14.5 Å². The van der Waals surface area contributed by atoms with Gasteiger partial charge in [0.25, 0.3) is 0 Å². The fourth-order valence-corrected chi connectivity index (χ4v) is 2.37. The highest BCUT2D eigenvalue weighted by Gasteiger charge is 2.22. The molecule has 1 heterocycles. The van der Waals surface area contributed by atoms with Crippen LogP contribution in [0.5, 0.6) is 0 Å². The first-order valence-electron chi connectivity index (χ1n) is 6.71. The number of likely N-dealkylation sites (N-methyl/N-ethyl adjacent to an activating group) is 1. The predicted molar refractivity (Wildman–Crippen MR) is 76.3 cm³/mol. The minimum absolute atomic E-state index is 0.00934. The first kappa shape index (κ1) is 13.9. The lowest BCUT2D eigenvalue weighted by Crippen LogP contribution is -2.27. The number of carbonyl (C=O) groups is 1. The molecule has 1 amide bonds. The van der Waals surface area contributed by atoms with Gasteiger partial charge in [-0.15, -0.1) is 0 Å². The average Bonchev–Trinajstić information content (AvgIpc) is 2.56. The van der Waals surface area contributed by atoms with E-state index in [-0.39, 0.29) is 18.6 Å². The van der Waals surface area contributed by atoms with Gasteiger partial charge in [0.1, 0.15) is 6.61 Å². The molecule has 1 atom stereocenters. The Morgan fingerprint density at radius 1 is 1.42 bits per heavy atom. The third-order valence-electron chi connectivity index (χ3n) is 3.56. The number of rotatable bonds is 3. The second kappa shape index (κ2) is 6.06. The second-order valence-electron chi connectivity index (χ2n) is 5.21. The molecule has 4 heteroatoms. The minimum atomic E-state index is 0.00934. The van der Waals surface area contributed by atoms with Crippen molar-refractivity contribution in [1.82, 2.24) is 4.90 Å². The van der Waals surface area contributed by atoms with Crippen LogP contribution in [-0.2, 0) is 9.53 Å². The summed E-state index contributed by atoms with van der Waals surface area (Å²) in [7, 11) is 5.60. The zero-order chi connectivity index (χ0) is 13.8. The van der Waals surface area contributed by atoms with Gasteiger partial charge in [-0.25, -0.2) is 0 Å². The molecule has 4 nitrogen and oxygen atoms in total. The summed E-state index contributed by atoms with van der Waals surface area (Å²) in [5, 5.41) is 0. The molecule has 19 heavy (non-hydrogen) atoms. The maximum absolute atomic E-state index is 11.6. The van der Waals surface area contributed by atoms with Gasteiger partial charge in [-0.05, 0) is 18.9 Å². The molecule has 0 spiro atoms. The van der Waals surface area contributed by atoms with Crippen LogP contribution < -0.4 is 4.90 Å². The number of amides is 1. The van der Waals surface area contributed by atoms with Gasteiger partial charge >= 0.3 is 0 Å². The lowest BCUT2D eigenvalue weighted by Gasteiger charge is -2.22. The lowest BCUT2D eigenvalue weighted by molar-refractivity contribution is -0.135. The van der Waals surface area contributed by atoms with E-state index in [0.29, 0.717) is 0 Å². The molecular weight excluding hydrogens is 240 g/mol. The van der Waals surface area contributed by atoms with Crippen molar-refractivity contribution in [2.24, 2.45) is 0 Å². The molecule has 1 aromatic carbocycles. The molecule has 104 valence electrons. The van der Waals surface area contributed by atoms with Crippen molar-refractivity contribution in [3.63, 3.8) is 0 Å². The summed E-state index contributed by atoms with van der Waals surface area (Å²) < 4.78 is 5.84. The van der Waals surface area contributed by atoms with Crippen molar-refractivity contribution in [3.05, 3.63) is 29.8 Å². The first-order chi connectivity index (χ1) is 9.09. The molecule has 0 N–H and O–H groups in total. The Bertz CT molecular complexity index is 446. The van der Waals surface area contributed by atoms with Gasteiger partial charge in [0, 0.05) is 38.9 Å². The van der Waals surface area contributed by atoms with Crippen molar-refractivity contribution in [3.8, 4) is 0 Å². The third kappa shape index (κ3) is 3.26. The maximum atomic E-state index is 11.6. The Kier molecular flexibility index (Phi) is 4.43. The second-order valence-corrected chi connectivity index (χ2v) is 5.21. The van der Waals surface area contributed by atoms with E-state index in [1.165, 1.54) is 11.3 Å². The smallest absolute Gasteiger partial charge is 0.248 e. The van der Waals surface area contributed by atoms with Gasteiger partial charge in [-0.1, -0.05) is 18.2 Å². The van der Waals surface area contributed by atoms with Crippen LogP contribution in [-0.4, -0.2) is 45.1 Å². The van der Waals surface area contributed by atoms with Crippen LogP contribution in [0.1, 0.15) is 24.5 Å². The number of carbonyl (C=O) groups excluding carboxylic acids is 1.